The van der Waals surface area contributed by atoms with Gasteiger partial charge < -0.3 is 9.15 Å². The summed E-state index contributed by atoms with van der Waals surface area (Å²) in [7, 11) is 0. The Labute approximate surface area is 219 Å². The van der Waals surface area contributed by atoms with E-state index in [1.165, 1.54) is 22.8 Å². The molecular weight excluding hydrogens is 517 g/mol. The SMILES string of the molecule is CCOC(=O)c1c(C)nc2[n+](c1-c1ccccc1)C(=O)C(=Cc1ccc(-c3cccc(C(F)(F)F)c3)o1)S2. The van der Waals surface area contributed by atoms with Crippen LogP contribution < -0.4 is 4.57 Å². The van der Waals surface area contributed by atoms with Crippen LogP contribution in [0.25, 0.3) is 28.7 Å². The summed E-state index contributed by atoms with van der Waals surface area (Å²) in [6, 6.07) is 16.9. The lowest BCUT2D eigenvalue weighted by Crippen LogP contribution is -2.45. The standard InChI is InChI=1S/C28H20F3N2O4S/c1-3-36-26(35)23-16(2)32-27-33(24(23)17-8-5-4-6-9-17)25(34)22(38-27)15-20-12-13-21(37-20)18-10-7-11-19(14-18)28(29,30)31/h4-15H,3H2,1-2H3/q+1. The molecule has 0 unspecified atom stereocenters. The van der Waals surface area contributed by atoms with Crippen molar-refractivity contribution in [1.29, 1.82) is 0 Å². The highest BCUT2D eigenvalue weighted by atomic mass is 32.2. The summed E-state index contributed by atoms with van der Waals surface area (Å²) >= 11 is 1.11. The minimum absolute atomic E-state index is 0.162. The molecule has 0 bridgehead atoms. The molecule has 0 amide bonds. The van der Waals surface area contributed by atoms with Gasteiger partial charge in [0.05, 0.1) is 12.2 Å². The molecule has 5 rings (SSSR count). The predicted octanol–water partition coefficient (Wildman–Crippen LogP) is 6.59. The van der Waals surface area contributed by atoms with Crippen LogP contribution in [0.4, 0.5) is 13.2 Å². The van der Waals surface area contributed by atoms with Gasteiger partial charge in [-0.15, -0.1) is 4.57 Å². The first-order valence-corrected chi connectivity index (χ1v) is 12.4. The molecule has 0 radical (unpaired) electrons. The van der Waals surface area contributed by atoms with Gasteiger partial charge in [0.15, 0.2) is 17.0 Å². The lowest BCUT2D eigenvalue weighted by Gasteiger charge is -2.10. The van der Waals surface area contributed by atoms with E-state index in [0.717, 1.165) is 23.9 Å². The maximum absolute atomic E-state index is 13.6. The Morgan fingerprint density at radius 1 is 1.08 bits per heavy atom. The van der Waals surface area contributed by atoms with Crippen LogP contribution in [0.5, 0.6) is 0 Å². The minimum Gasteiger partial charge on any atom is -0.462 e. The zero-order chi connectivity index (χ0) is 27.0. The zero-order valence-corrected chi connectivity index (χ0v) is 21.0. The number of rotatable bonds is 5. The minimum atomic E-state index is -4.48. The number of furan rings is 1. The number of thioether (sulfide) groups is 1. The first kappa shape index (κ1) is 25.5. The van der Waals surface area contributed by atoms with Crippen molar-refractivity contribution in [2.45, 2.75) is 25.2 Å². The maximum Gasteiger partial charge on any atom is 0.416 e. The number of fused-ring (bicyclic) bond motifs is 1. The number of halogens is 3. The van der Waals surface area contributed by atoms with Crippen molar-refractivity contribution in [3.8, 4) is 22.6 Å². The van der Waals surface area contributed by atoms with Crippen molar-refractivity contribution < 1.29 is 36.5 Å². The topological polar surface area (TPSA) is 73.3 Å². The molecule has 3 heterocycles. The second kappa shape index (κ2) is 9.94. The van der Waals surface area contributed by atoms with Gasteiger partial charge in [-0.25, -0.2) is 9.59 Å². The van der Waals surface area contributed by atoms with Gasteiger partial charge in [-0.3, -0.25) is 0 Å². The number of hydrogen-bond donors (Lipinski definition) is 0. The molecule has 4 aromatic rings. The van der Waals surface area contributed by atoms with Crippen LogP contribution in [0.1, 0.15) is 39.1 Å². The van der Waals surface area contributed by atoms with Crippen LogP contribution in [0.3, 0.4) is 0 Å². The van der Waals surface area contributed by atoms with E-state index < -0.39 is 23.6 Å². The summed E-state index contributed by atoms with van der Waals surface area (Å²) in [6.45, 7) is 3.54. The molecule has 10 heteroatoms. The van der Waals surface area contributed by atoms with Gasteiger partial charge in [0.1, 0.15) is 16.4 Å². The molecule has 2 aromatic heterocycles. The predicted molar refractivity (Wildman–Crippen MR) is 134 cm³/mol. The lowest BCUT2D eigenvalue weighted by atomic mass is 10.0. The molecule has 0 fully saturated rings. The first-order valence-electron chi connectivity index (χ1n) is 11.6. The lowest BCUT2D eigenvalue weighted by molar-refractivity contribution is -0.601. The number of benzene rings is 2. The van der Waals surface area contributed by atoms with Crippen LogP contribution in [-0.4, -0.2) is 23.5 Å². The van der Waals surface area contributed by atoms with E-state index in [9.17, 15) is 22.8 Å². The molecular formula is C28H20F3N2O4S+. The summed E-state index contributed by atoms with van der Waals surface area (Å²) in [4.78, 5) is 31.2. The summed E-state index contributed by atoms with van der Waals surface area (Å²) in [5.74, 6) is -0.491. The second-order valence-corrected chi connectivity index (χ2v) is 9.33. The van der Waals surface area contributed by atoms with Crippen molar-refractivity contribution in [3.05, 3.63) is 94.2 Å². The van der Waals surface area contributed by atoms with Crippen LogP contribution in [0.15, 0.2) is 81.2 Å². The number of aromatic nitrogens is 2. The van der Waals surface area contributed by atoms with Crippen LogP contribution in [-0.2, 0) is 10.9 Å². The summed E-state index contributed by atoms with van der Waals surface area (Å²) in [5.41, 5.74) is 1.10. The number of carbonyl (C=O) groups is 2. The molecule has 0 saturated heterocycles. The largest absolute Gasteiger partial charge is 0.462 e. The Morgan fingerprint density at radius 2 is 1.82 bits per heavy atom. The van der Waals surface area contributed by atoms with E-state index in [4.69, 9.17) is 9.15 Å². The van der Waals surface area contributed by atoms with Crippen molar-refractivity contribution in [1.82, 2.24) is 4.98 Å². The monoisotopic (exact) mass is 537 g/mol. The van der Waals surface area contributed by atoms with Crippen molar-refractivity contribution >= 4 is 29.7 Å². The van der Waals surface area contributed by atoms with E-state index in [0.29, 0.717) is 22.1 Å². The van der Waals surface area contributed by atoms with Gasteiger partial charge in [0.2, 0.25) is 0 Å². The van der Waals surface area contributed by atoms with Crippen LogP contribution in [0, 0.1) is 6.92 Å². The summed E-state index contributed by atoms with van der Waals surface area (Å²) in [5, 5.41) is 0.371. The number of esters is 1. The Bertz CT molecular complexity index is 1590. The van der Waals surface area contributed by atoms with E-state index in [-0.39, 0.29) is 34.2 Å². The molecule has 1 aliphatic rings. The number of hydrogen-bond acceptors (Lipinski definition) is 6. The number of ether oxygens (including phenoxy) is 1. The van der Waals surface area contributed by atoms with Crippen LogP contribution in [0.2, 0.25) is 0 Å². The highest BCUT2D eigenvalue weighted by Crippen LogP contribution is 2.37. The number of nitrogens with zero attached hydrogens (tertiary/aromatic N) is 2. The first-order chi connectivity index (χ1) is 18.2. The number of aryl methyl sites for hydroxylation is 1. The molecule has 38 heavy (non-hydrogen) atoms. The summed E-state index contributed by atoms with van der Waals surface area (Å²) in [6.07, 6.45) is -2.97. The Hall–Kier alpha value is -4.18. The van der Waals surface area contributed by atoms with Gasteiger partial charge in [-0.1, -0.05) is 42.5 Å². The van der Waals surface area contributed by atoms with E-state index in [1.807, 2.05) is 6.07 Å². The van der Waals surface area contributed by atoms with E-state index >= 15 is 0 Å². The number of allylic oxidation sites excluding steroid dienone is 1. The number of alkyl halides is 3. The fourth-order valence-corrected chi connectivity index (χ4v) is 5.11. The van der Waals surface area contributed by atoms with Crippen molar-refractivity contribution in [2.75, 3.05) is 6.61 Å². The Morgan fingerprint density at radius 3 is 2.53 bits per heavy atom. The third-order valence-corrected chi connectivity index (χ3v) is 6.76. The van der Waals surface area contributed by atoms with E-state index in [1.54, 1.807) is 50.2 Å². The quantitative estimate of drug-likeness (QED) is 0.124. The van der Waals surface area contributed by atoms with Crippen molar-refractivity contribution in [3.63, 3.8) is 0 Å². The molecule has 0 aliphatic carbocycles. The van der Waals surface area contributed by atoms with Crippen LogP contribution >= 0.6 is 11.8 Å². The van der Waals surface area contributed by atoms with Gasteiger partial charge >= 0.3 is 23.2 Å². The Kier molecular flexibility index (Phi) is 6.66. The highest BCUT2D eigenvalue weighted by molar-refractivity contribution is 8.04. The van der Waals surface area contributed by atoms with E-state index in [2.05, 4.69) is 4.98 Å². The van der Waals surface area contributed by atoms with Gasteiger partial charge in [0, 0.05) is 35.9 Å². The average molecular weight is 538 g/mol. The fraction of sp³-hybridized carbons (Fsp3) is 0.143. The van der Waals surface area contributed by atoms with Gasteiger partial charge in [-0.2, -0.15) is 13.2 Å². The molecule has 2 aromatic carbocycles. The number of carbonyl (C=O) groups excluding carboxylic acids is 2. The maximum atomic E-state index is 13.6. The fourth-order valence-electron chi connectivity index (χ4n) is 4.11. The summed E-state index contributed by atoms with van der Waals surface area (Å²) < 4.78 is 51.8. The third kappa shape index (κ3) is 4.74. The average Bonchev–Trinajstić information content (AvgIpc) is 3.48. The van der Waals surface area contributed by atoms with Gasteiger partial charge in [-0.05, 0) is 36.2 Å². The molecule has 192 valence electrons. The molecule has 0 saturated carbocycles. The Balaban J connectivity index is 1.55. The highest BCUT2D eigenvalue weighted by Gasteiger charge is 2.42. The van der Waals surface area contributed by atoms with Crippen molar-refractivity contribution in [2.24, 2.45) is 0 Å². The molecule has 0 N–H and O–H groups in total. The third-order valence-electron chi connectivity index (χ3n) is 5.79. The normalized spacial score (nSPS) is 14.1. The molecule has 0 atom stereocenters. The zero-order valence-electron chi connectivity index (χ0n) is 20.2. The molecule has 1 aliphatic heterocycles. The van der Waals surface area contributed by atoms with Gasteiger partial charge in [0.25, 0.3) is 0 Å². The molecule has 0 spiro atoms. The molecule has 6 nitrogen and oxygen atoms in total. The smallest absolute Gasteiger partial charge is 0.416 e. The second-order valence-electron chi connectivity index (χ2n) is 8.32.